The van der Waals surface area contributed by atoms with Crippen LogP contribution in [0.5, 0.6) is 11.5 Å². The van der Waals surface area contributed by atoms with Gasteiger partial charge in [0.25, 0.3) is 5.56 Å². The van der Waals surface area contributed by atoms with Crippen LogP contribution in [0.2, 0.25) is 0 Å². The van der Waals surface area contributed by atoms with Gasteiger partial charge in [-0.3, -0.25) is 14.5 Å². The summed E-state index contributed by atoms with van der Waals surface area (Å²) in [5.74, 6) is 1.20. The van der Waals surface area contributed by atoms with E-state index in [9.17, 15) is 29.1 Å². The monoisotopic (exact) mass is 899 g/mol. The lowest BCUT2D eigenvalue weighted by atomic mass is 9.45. The molecular formula is C53H61N3O10. The van der Waals surface area contributed by atoms with E-state index in [0.717, 1.165) is 87.4 Å². The van der Waals surface area contributed by atoms with Gasteiger partial charge >= 0.3 is 17.9 Å². The molecule has 4 unspecified atom stereocenters. The Morgan fingerprint density at radius 3 is 2.48 bits per heavy atom. The van der Waals surface area contributed by atoms with Gasteiger partial charge in [-0.1, -0.05) is 34.6 Å². The van der Waals surface area contributed by atoms with Crippen LogP contribution < -0.4 is 10.3 Å². The Labute approximate surface area is 385 Å². The first-order valence-corrected chi connectivity index (χ1v) is 24.2. The fourth-order valence-corrected chi connectivity index (χ4v) is 13.5. The number of hydrogen-bond acceptors (Lipinski definition) is 12. The second-order valence-electron chi connectivity index (χ2n) is 20.3. The van der Waals surface area contributed by atoms with Gasteiger partial charge in [-0.05, 0) is 148 Å². The molecule has 1 N–H and O–H groups in total. The molecule has 13 heteroatoms. The van der Waals surface area contributed by atoms with Gasteiger partial charge < -0.3 is 28.6 Å². The number of pyridine rings is 2. The van der Waals surface area contributed by atoms with Crippen LogP contribution in [0, 0.1) is 34.5 Å². The highest BCUT2D eigenvalue weighted by atomic mass is 16.6. The van der Waals surface area contributed by atoms with Gasteiger partial charge in [0.2, 0.25) is 5.60 Å². The fourth-order valence-electron chi connectivity index (χ4n) is 13.5. The molecule has 4 saturated carbocycles. The summed E-state index contributed by atoms with van der Waals surface area (Å²) in [5.41, 5.74) is 1.97. The molecule has 0 radical (unpaired) electrons. The highest BCUT2D eigenvalue weighted by Gasteiger charge is 2.60. The Kier molecular flexibility index (Phi) is 11.2. The van der Waals surface area contributed by atoms with E-state index in [4.69, 9.17) is 23.9 Å². The third-order valence-electron chi connectivity index (χ3n) is 17.4. The van der Waals surface area contributed by atoms with Crippen molar-refractivity contribution in [3.63, 3.8) is 0 Å². The van der Waals surface area contributed by atoms with Crippen molar-refractivity contribution in [2.75, 3.05) is 19.7 Å². The van der Waals surface area contributed by atoms with Crippen LogP contribution >= 0.6 is 0 Å². The Morgan fingerprint density at radius 2 is 1.73 bits per heavy atom. The average molecular weight is 900 g/mol. The van der Waals surface area contributed by atoms with E-state index in [1.165, 1.54) is 0 Å². The number of cyclic esters (lactones) is 1. The van der Waals surface area contributed by atoms with Crippen LogP contribution in [0.25, 0.3) is 22.3 Å². The van der Waals surface area contributed by atoms with Gasteiger partial charge in [0.1, 0.15) is 30.0 Å². The molecular weight excluding hydrogens is 839 g/mol. The number of benzene rings is 2. The van der Waals surface area contributed by atoms with Crippen LogP contribution in [-0.2, 0) is 53.9 Å². The predicted octanol–water partition coefficient (Wildman–Crippen LogP) is 8.39. The van der Waals surface area contributed by atoms with Crippen LogP contribution in [-0.4, -0.2) is 69.0 Å². The number of aromatic hydroxyl groups is 1. The number of hydrogen-bond donors (Lipinski definition) is 1. The number of rotatable bonds is 11. The van der Waals surface area contributed by atoms with E-state index in [-0.39, 0.29) is 58.9 Å². The Balaban J connectivity index is 0.795. The van der Waals surface area contributed by atoms with Crippen molar-refractivity contribution in [2.45, 2.75) is 130 Å². The lowest BCUT2D eigenvalue weighted by molar-refractivity contribution is -0.190. The number of Topliss-reactive ketones (excluding diaryl/α,β-unsaturated/α-hetero) is 1. The summed E-state index contributed by atoms with van der Waals surface area (Å²) in [6, 6.07) is 13.5. The van der Waals surface area contributed by atoms with Gasteiger partial charge in [0, 0.05) is 40.5 Å². The smallest absolute Gasteiger partial charge is 0.355 e. The maximum Gasteiger partial charge on any atom is 0.355 e. The van der Waals surface area contributed by atoms with Crippen molar-refractivity contribution in [2.24, 2.45) is 34.5 Å². The van der Waals surface area contributed by atoms with E-state index in [1.54, 1.807) is 54.0 Å². The average Bonchev–Trinajstić information content (AvgIpc) is 3.84. The summed E-state index contributed by atoms with van der Waals surface area (Å²) < 4.78 is 25.0. The number of ether oxygens (including phenoxy) is 4. The van der Waals surface area contributed by atoms with Gasteiger partial charge in [-0.15, -0.1) is 0 Å². The maximum atomic E-state index is 14.2. The number of phenols is 1. The van der Waals surface area contributed by atoms with Crippen LogP contribution in [0.15, 0.2) is 53.3 Å². The van der Waals surface area contributed by atoms with Gasteiger partial charge in [0.15, 0.2) is 6.61 Å². The van der Waals surface area contributed by atoms with Crippen LogP contribution in [0.3, 0.4) is 0 Å². The van der Waals surface area contributed by atoms with E-state index in [0.29, 0.717) is 64.2 Å². The zero-order chi connectivity index (χ0) is 46.3. The third kappa shape index (κ3) is 7.04. The first-order valence-electron chi connectivity index (χ1n) is 24.2. The molecule has 2 aromatic carbocycles. The lowest BCUT2D eigenvalue weighted by Crippen LogP contribution is -2.54. The highest BCUT2D eigenvalue weighted by molar-refractivity contribution is 5.91. The summed E-state index contributed by atoms with van der Waals surface area (Å²) in [5, 5.41) is 11.7. The number of esters is 3. The van der Waals surface area contributed by atoms with Crippen molar-refractivity contribution < 1.29 is 43.2 Å². The number of carbonyl (C=O) groups is 4. The first-order chi connectivity index (χ1) is 31.7. The second kappa shape index (κ2) is 16.6. The largest absolute Gasteiger partial charge is 0.508 e. The highest BCUT2D eigenvalue weighted by Crippen LogP contribution is 2.65. The Morgan fingerprint density at radius 1 is 0.939 bits per heavy atom. The molecule has 0 amide bonds. The molecule has 4 aromatic rings. The standard InChI is InChI=1S/C53H61N3O10/c1-6-53(41-25-43-47-31(26-56(43)48(60)38(41)28-64-50(53)62)23-36-37(27-55(7-2)8-3)44(57)17-16-42(36)54-47)66-46(59)29-63-33-12-9-30(10-13-33)49(61)65-34-19-21-51(4)32(24-34)11-14-35-39-15-18-45(58)52(39,5)22-20-40(35)51/h9-10,12-13,16-17,23,25,32,34-35,39-40,57H,6-8,11,14-15,18-22,24,26-29H2,1-5H3/t32?,34-,35?,39?,40?,51+,52+,53+/m1/s1. The molecule has 2 aromatic heterocycles. The number of ketones is 1. The number of carbonyl (C=O) groups excluding carboxylic acids is 4. The molecule has 4 heterocycles. The van der Waals surface area contributed by atoms with Gasteiger partial charge in [-0.25, -0.2) is 19.4 Å². The molecule has 348 valence electrons. The van der Waals surface area contributed by atoms with Crippen molar-refractivity contribution in [1.29, 1.82) is 0 Å². The molecule has 6 aliphatic rings. The summed E-state index contributed by atoms with van der Waals surface area (Å²) in [6.07, 6.45) is 8.73. The summed E-state index contributed by atoms with van der Waals surface area (Å²) in [4.78, 5) is 74.8. The zero-order valence-electron chi connectivity index (χ0n) is 38.8. The summed E-state index contributed by atoms with van der Waals surface area (Å²) >= 11 is 0. The molecule has 10 rings (SSSR count). The number of nitrogens with zero attached hydrogens (tertiary/aromatic N) is 3. The molecule has 13 nitrogen and oxygen atoms in total. The summed E-state index contributed by atoms with van der Waals surface area (Å²) in [6.45, 7) is 12.1. The third-order valence-corrected chi connectivity index (χ3v) is 17.4. The minimum absolute atomic E-state index is 0.000470. The van der Waals surface area contributed by atoms with Crippen molar-refractivity contribution in [3.05, 3.63) is 86.7 Å². The number of fused-ring (bicyclic) bond motifs is 10. The maximum absolute atomic E-state index is 14.2. The van der Waals surface area contributed by atoms with E-state index < -0.39 is 30.1 Å². The van der Waals surface area contributed by atoms with Crippen LogP contribution in [0.1, 0.15) is 131 Å². The van der Waals surface area contributed by atoms with Gasteiger partial charge in [-0.2, -0.15) is 0 Å². The minimum atomic E-state index is -1.90. The molecule has 4 aliphatic carbocycles. The quantitative estimate of drug-likeness (QED) is 0.0997. The van der Waals surface area contributed by atoms with E-state index >= 15 is 0 Å². The number of phenolic OH excluding ortho intramolecular Hbond substituents is 1. The molecule has 66 heavy (non-hydrogen) atoms. The topological polar surface area (TPSA) is 164 Å². The zero-order valence-corrected chi connectivity index (χ0v) is 38.8. The number of aromatic nitrogens is 2. The predicted molar refractivity (Wildman–Crippen MR) is 245 cm³/mol. The Bertz CT molecular complexity index is 2710. The Hall–Kier alpha value is -5.56. The molecule has 2 aliphatic heterocycles. The minimum Gasteiger partial charge on any atom is -0.508 e. The van der Waals surface area contributed by atoms with Gasteiger partial charge in [0.05, 0.1) is 34.6 Å². The van der Waals surface area contributed by atoms with E-state index in [1.807, 2.05) is 6.07 Å². The molecule has 4 fully saturated rings. The van der Waals surface area contributed by atoms with Crippen LogP contribution in [0.4, 0.5) is 0 Å². The molecule has 0 spiro atoms. The molecule has 8 atom stereocenters. The normalized spacial score (nSPS) is 29.5. The molecule has 0 bridgehead atoms. The van der Waals surface area contributed by atoms with Crippen molar-refractivity contribution >= 4 is 34.6 Å². The molecule has 0 saturated heterocycles. The van der Waals surface area contributed by atoms with Crippen molar-refractivity contribution in [3.8, 4) is 22.9 Å². The SMILES string of the molecule is CCN(CC)Cc1c(O)ccc2nc3c(cc12)Cn1c-3cc2c(c1=O)COC(=O)[C@@]2(CC)OC(=O)COc1ccc(C(=O)O[C@@H]2CC[C@@]3(C)C(CCC4C3CC[C@]3(C)C(=O)CCC43)C2)cc1. The van der Waals surface area contributed by atoms with E-state index in [2.05, 4.69) is 32.6 Å². The van der Waals surface area contributed by atoms with Crippen molar-refractivity contribution in [1.82, 2.24) is 14.5 Å². The second-order valence-corrected chi connectivity index (χ2v) is 20.3. The fraction of sp³-hybridized carbons (Fsp3) is 0.547. The lowest BCUT2D eigenvalue weighted by Gasteiger charge is -2.60. The first kappa shape index (κ1) is 44.3. The summed E-state index contributed by atoms with van der Waals surface area (Å²) in [7, 11) is 0.